The molecule has 0 unspecified atom stereocenters. The van der Waals surface area contributed by atoms with Crippen molar-refractivity contribution in [2.24, 2.45) is 0 Å². The SMILES string of the molecule is CCOc1ccc(C(=O)NNC(=S)NCCCC(=O)OC)cc1OC. The van der Waals surface area contributed by atoms with Crippen molar-refractivity contribution in [2.45, 2.75) is 19.8 Å². The molecule has 1 rings (SSSR count). The highest BCUT2D eigenvalue weighted by atomic mass is 32.1. The number of hydrogen-bond donors (Lipinski definition) is 3. The summed E-state index contributed by atoms with van der Waals surface area (Å²) >= 11 is 5.04. The fourth-order valence-electron chi connectivity index (χ4n) is 1.85. The normalized spacial score (nSPS) is 9.72. The minimum atomic E-state index is -0.375. The third-order valence-electron chi connectivity index (χ3n) is 3.09. The van der Waals surface area contributed by atoms with E-state index < -0.39 is 0 Å². The van der Waals surface area contributed by atoms with E-state index in [0.717, 1.165) is 0 Å². The summed E-state index contributed by atoms with van der Waals surface area (Å²) < 4.78 is 15.1. The van der Waals surface area contributed by atoms with E-state index in [1.165, 1.54) is 14.2 Å². The smallest absolute Gasteiger partial charge is 0.305 e. The summed E-state index contributed by atoms with van der Waals surface area (Å²) in [6.45, 7) is 2.84. The number of carbonyl (C=O) groups excluding carboxylic acids is 2. The molecule has 0 aliphatic heterocycles. The van der Waals surface area contributed by atoms with Crippen LogP contribution in [0.1, 0.15) is 30.1 Å². The van der Waals surface area contributed by atoms with Crippen molar-refractivity contribution in [2.75, 3.05) is 27.4 Å². The van der Waals surface area contributed by atoms with E-state index in [2.05, 4.69) is 20.9 Å². The molecule has 0 aliphatic carbocycles. The van der Waals surface area contributed by atoms with Gasteiger partial charge >= 0.3 is 5.97 Å². The van der Waals surface area contributed by atoms with E-state index >= 15 is 0 Å². The molecule has 25 heavy (non-hydrogen) atoms. The molecular weight excluding hydrogens is 346 g/mol. The lowest BCUT2D eigenvalue weighted by Gasteiger charge is -2.13. The van der Waals surface area contributed by atoms with Gasteiger partial charge in [0, 0.05) is 18.5 Å². The van der Waals surface area contributed by atoms with Crippen LogP contribution in [-0.4, -0.2) is 44.4 Å². The van der Waals surface area contributed by atoms with Crippen LogP contribution >= 0.6 is 12.2 Å². The topological polar surface area (TPSA) is 97.9 Å². The number of carbonyl (C=O) groups is 2. The molecule has 0 aliphatic rings. The van der Waals surface area contributed by atoms with E-state index in [-0.39, 0.29) is 17.0 Å². The van der Waals surface area contributed by atoms with Crippen LogP contribution in [0, 0.1) is 0 Å². The van der Waals surface area contributed by atoms with Crippen LogP contribution in [-0.2, 0) is 9.53 Å². The summed E-state index contributed by atoms with van der Waals surface area (Å²) in [5.41, 5.74) is 5.46. The summed E-state index contributed by atoms with van der Waals surface area (Å²) in [4.78, 5) is 23.1. The molecule has 0 aromatic heterocycles. The lowest BCUT2D eigenvalue weighted by molar-refractivity contribution is -0.140. The molecule has 0 radical (unpaired) electrons. The van der Waals surface area contributed by atoms with Gasteiger partial charge in [-0.1, -0.05) is 0 Å². The van der Waals surface area contributed by atoms with Crippen molar-refractivity contribution >= 4 is 29.2 Å². The van der Waals surface area contributed by atoms with Crippen molar-refractivity contribution in [3.05, 3.63) is 23.8 Å². The minimum Gasteiger partial charge on any atom is -0.493 e. The van der Waals surface area contributed by atoms with Gasteiger partial charge in [0.2, 0.25) is 0 Å². The first-order chi connectivity index (χ1) is 12.0. The standard InChI is InChI=1S/C16H23N3O5S/c1-4-24-12-8-7-11(10-13(12)22-2)15(21)18-19-16(25)17-9-5-6-14(20)23-3/h7-8,10H,4-6,9H2,1-3H3,(H,18,21)(H2,17,19,25). The fourth-order valence-corrected chi connectivity index (χ4v) is 2.00. The monoisotopic (exact) mass is 369 g/mol. The number of thiocarbonyl (C=S) groups is 1. The van der Waals surface area contributed by atoms with Gasteiger partial charge in [-0.3, -0.25) is 20.4 Å². The molecule has 0 heterocycles. The van der Waals surface area contributed by atoms with Gasteiger partial charge in [0.1, 0.15) is 0 Å². The van der Waals surface area contributed by atoms with Crippen molar-refractivity contribution in [1.82, 2.24) is 16.2 Å². The van der Waals surface area contributed by atoms with E-state index in [1.807, 2.05) is 6.92 Å². The van der Waals surface area contributed by atoms with E-state index in [4.69, 9.17) is 21.7 Å². The van der Waals surface area contributed by atoms with Gasteiger partial charge in [0.15, 0.2) is 16.6 Å². The second-order valence-electron chi connectivity index (χ2n) is 4.81. The highest BCUT2D eigenvalue weighted by molar-refractivity contribution is 7.80. The van der Waals surface area contributed by atoms with E-state index in [9.17, 15) is 9.59 Å². The molecule has 0 atom stereocenters. The molecule has 1 aromatic rings. The number of nitrogens with one attached hydrogen (secondary N) is 3. The number of amides is 1. The molecule has 0 bridgehead atoms. The quantitative estimate of drug-likeness (QED) is 0.272. The summed E-state index contributed by atoms with van der Waals surface area (Å²) in [5, 5.41) is 3.12. The van der Waals surface area contributed by atoms with Crippen LogP contribution in [0.4, 0.5) is 0 Å². The third kappa shape index (κ3) is 7.25. The Balaban J connectivity index is 2.43. The molecule has 9 heteroatoms. The van der Waals surface area contributed by atoms with Crippen LogP contribution < -0.4 is 25.6 Å². The number of hydrogen-bond acceptors (Lipinski definition) is 6. The molecule has 0 fully saturated rings. The summed E-state index contributed by atoms with van der Waals surface area (Å²) in [7, 11) is 2.85. The van der Waals surface area contributed by atoms with Gasteiger partial charge in [0.25, 0.3) is 5.91 Å². The highest BCUT2D eigenvalue weighted by Gasteiger charge is 2.11. The Hall–Kier alpha value is -2.55. The first-order valence-electron chi connectivity index (χ1n) is 7.73. The number of rotatable bonds is 8. The number of benzene rings is 1. The lowest BCUT2D eigenvalue weighted by Crippen LogP contribution is -2.47. The lowest BCUT2D eigenvalue weighted by atomic mass is 10.2. The Morgan fingerprint density at radius 3 is 2.56 bits per heavy atom. The first kappa shape index (κ1) is 20.5. The number of ether oxygens (including phenoxy) is 3. The average Bonchev–Trinajstić information content (AvgIpc) is 2.63. The van der Waals surface area contributed by atoms with E-state index in [1.54, 1.807) is 18.2 Å². The molecule has 0 saturated heterocycles. The molecule has 3 N–H and O–H groups in total. The van der Waals surface area contributed by atoms with Crippen LogP contribution in [0.2, 0.25) is 0 Å². The number of methoxy groups -OCH3 is 2. The zero-order chi connectivity index (χ0) is 18.7. The fraction of sp³-hybridized carbons (Fsp3) is 0.438. The van der Waals surface area contributed by atoms with Gasteiger partial charge in [-0.2, -0.15) is 0 Å². The number of esters is 1. The largest absolute Gasteiger partial charge is 0.493 e. The minimum absolute atomic E-state index is 0.246. The van der Waals surface area contributed by atoms with Crippen LogP contribution in [0.3, 0.4) is 0 Å². The predicted molar refractivity (Wildman–Crippen MR) is 96.6 cm³/mol. The van der Waals surface area contributed by atoms with Gasteiger partial charge < -0.3 is 19.5 Å². The van der Waals surface area contributed by atoms with Gasteiger partial charge in [-0.25, -0.2) is 0 Å². The van der Waals surface area contributed by atoms with Crippen LogP contribution in [0.25, 0.3) is 0 Å². The number of hydrazine groups is 1. The Labute approximate surface area is 152 Å². The second kappa shape index (κ2) is 11.1. The summed E-state index contributed by atoms with van der Waals surface area (Å²) in [6, 6.07) is 4.87. The Morgan fingerprint density at radius 2 is 1.92 bits per heavy atom. The first-order valence-corrected chi connectivity index (χ1v) is 8.14. The average molecular weight is 369 g/mol. The van der Waals surface area contributed by atoms with Gasteiger partial charge in [-0.15, -0.1) is 0 Å². The Morgan fingerprint density at radius 1 is 1.16 bits per heavy atom. The highest BCUT2D eigenvalue weighted by Crippen LogP contribution is 2.27. The van der Waals surface area contributed by atoms with Crippen molar-refractivity contribution in [3.63, 3.8) is 0 Å². The summed E-state index contributed by atoms with van der Waals surface area (Å²) in [6.07, 6.45) is 0.864. The van der Waals surface area contributed by atoms with Crippen LogP contribution in [0.15, 0.2) is 18.2 Å². The maximum Gasteiger partial charge on any atom is 0.305 e. The molecular formula is C16H23N3O5S. The predicted octanol–water partition coefficient (Wildman–Crippen LogP) is 1.16. The molecule has 0 spiro atoms. The summed E-state index contributed by atoms with van der Waals surface area (Å²) in [5.74, 6) is 0.383. The molecule has 1 amide bonds. The maximum absolute atomic E-state index is 12.1. The molecule has 138 valence electrons. The maximum atomic E-state index is 12.1. The van der Waals surface area contributed by atoms with Crippen molar-refractivity contribution < 1.29 is 23.8 Å². The Bertz CT molecular complexity index is 609. The zero-order valence-electron chi connectivity index (χ0n) is 14.5. The second-order valence-corrected chi connectivity index (χ2v) is 5.22. The van der Waals surface area contributed by atoms with Crippen LogP contribution in [0.5, 0.6) is 11.5 Å². The molecule has 1 aromatic carbocycles. The van der Waals surface area contributed by atoms with Gasteiger partial charge in [0.05, 0.1) is 20.8 Å². The zero-order valence-corrected chi connectivity index (χ0v) is 15.3. The molecule has 8 nitrogen and oxygen atoms in total. The van der Waals surface area contributed by atoms with Crippen molar-refractivity contribution in [1.29, 1.82) is 0 Å². The Kier molecular flexibility index (Phi) is 9.09. The van der Waals surface area contributed by atoms with E-state index in [0.29, 0.717) is 43.1 Å². The van der Waals surface area contributed by atoms with Gasteiger partial charge in [-0.05, 0) is 43.8 Å². The van der Waals surface area contributed by atoms with Crippen molar-refractivity contribution in [3.8, 4) is 11.5 Å². The third-order valence-corrected chi connectivity index (χ3v) is 3.33. The molecule has 0 saturated carbocycles.